The van der Waals surface area contributed by atoms with Gasteiger partial charge in [0.1, 0.15) is 0 Å². The highest BCUT2D eigenvalue weighted by Gasteiger charge is 2.10. The summed E-state index contributed by atoms with van der Waals surface area (Å²) >= 11 is 0. The van der Waals surface area contributed by atoms with Crippen molar-refractivity contribution in [2.45, 2.75) is 6.54 Å². The summed E-state index contributed by atoms with van der Waals surface area (Å²) in [6, 6.07) is 13.1. The summed E-state index contributed by atoms with van der Waals surface area (Å²) in [7, 11) is 0. The molecular weight excluding hydrogens is 254 g/mol. The molecule has 0 fully saturated rings. The monoisotopic (exact) mass is 267 g/mol. The number of benzene rings is 1. The Kier molecular flexibility index (Phi) is 3.14. The Bertz CT molecular complexity index is 798. The maximum absolute atomic E-state index is 12.5. The molecule has 0 aliphatic heterocycles. The zero-order valence-corrected chi connectivity index (χ0v) is 10.7. The fraction of sp³-hybridized carbons (Fsp3) is 0.0714. The summed E-state index contributed by atoms with van der Waals surface area (Å²) in [4.78, 5) is 20.8. The molecule has 20 heavy (non-hydrogen) atoms. The molecule has 0 amide bonds. The molecule has 2 aromatic heterocycles. The fourth-order valence-corrected chi connectivity index (χ4v) is 2.08. The summed E-state index contributed by atoms with van der Waals surface area (Å²) in [6.07, 6.45) is 1.59. The van der Waals surface area contributed by atoms with Crippen LogP contribution < -0.4 is 16.8 Å². The highest BCUT2D eigenvalue weighted by molar-refractivity contribution is 5.74. The molecule has 2 heterocycles. The SMILES string of the molecule is NNc1nc2ncccc2c(=O)n1Cc1ccccc1. The number of pyridine rings is 1. The first-order valence-corrected chi connectivity index (χ1v) is 6.15. The maximum Gasteiger partial charge on any atom is 0.264 e. The van der Waals surface area contributed by atoms with Gasteiger partial charge in [-0.3, -0.25) is 14.8 Å². The Morgan fingerprint density at radius 1 is 1.15 bits per heavy atom. The molecule has 1 aromatic carbocycles. The normalized spacial score (nSPS) is 10.7. The molecule has 0 unspecified atom stereocenters. The minimum Gasteiger partial charge on any atom is -0.294 e. The van der Waals surface area contributed by atoms with E-state index in [9.17, 15) is 4.79 Å². The number of nitrogen functional groups attached to an aromatic ring is 1. The fourth-order valence-electron chi connectivity index (χ4n) is 2.08. The van der Waals surface area contributed by atoms with Gasteiger partial charge in [-0.2, -0.15) is 4.98 Å². The van der Waals surface area contributed by atoms with Crippen molar-refractivity contribution < 1.29 is 0 Å². The van der Waals surface area contributed by atoms with Gasteiger partial charge in [0.05, 0.1) is 11.9 Å². The van der Waals surface area contributed by atoms with Gasteiger partial charge in [-0.1, -0.05) is 30.3 Å². The molecule has 6 nitrogen and oxygen atoms in total. The van der Waals surface area contributed by atoms with E-state index in [2.05, 4.69) is 15.4 Å². The van der Waals surface area contributed by atoms with Crippen molar-refractivity contribution in [3.8, 4) is 0 Å². The van der Waals surface area contributed by atoms with Crippen LogP contribution in [0.1, 0.15) is 5.56 Å². The molecule has 100 valence electrons. The predicted octanol–water partition coefficient (Wildman–Crippen LogP) is 1.13. The predicted molar refractivity (Wildman–Crippen MR) is 77.2 cm³/mol. The molecule has 3 N–H and O–H groups in total. The smallest absolute Gasteiger partial charge is 0.264 e. The minimum atomic E-state index is -0.167. The van der Waals surface area contributed by atoms with Crippen LogP contribution in [0.25, 0.3) is 11.0 Å². The van der Waals surface area contributed by atoms with E-state index in [1.54, 1.807) is 18.3 Å². The number of hydrogen-bond acceptors (Lipinski definition) is 5. The van der Waals surface area contributed by atoms with Crippen molar-refractivity contribution in [1.29, 1.82) is 0 Å². The second-order valence-corrected chi connectivity index (χ2v) is 4.33. The molecular formula is C14H13N5O. The van der Waals surface area contributed by atoms with Gasteiger partial charge < -0.3 is 0 Å². The number of hydrazine groups is 1. The van der Waals surface area contributed by atoms with Crippen molar-refractivity contribution in [2.75, 3.05) is 5.43 Å². The quantitative estimate of drug-likeness (QED) is 0.548. The number of nitrogens with two attached hydrogens (primary N) is 1. The number of anilines is 1. The van der Waals surface area contributed by atoms with Crippen LogP contribution in [0.15, 0.2) is 53.5 Å². The van der Waals surface area contributed by atoms with E-state index in [0.29, 0.717) is 23.5 Å². The minimum absolute atomic E-state index is 0.167. The van der Waals surface area contributed by atoms with Gasteiger partial charge >= 0.3 is 0 Å². The number of fused-ring (bicyclic) bond motifs is 1. The molecule has 3 rings (SSSR count). The lowest BCUT2D eigenvalue weighted by Crippen LogP contribution is -2.27. The Morgan fingerprint density at radius 2 is 1.95 bits per heavy atom. The lowest BCUT2D eigenvalue weighted by Gasteiger charge is -2.12. The molecule has 0 aliphatic rings. The molecule has 0 radical (unpaired) electrons. The Hall–Kier alpha value is -2.73. The van der Waals surface area contributed by atoms with Crippen LogP contribution in [0.2, 0.25) is 0 Å². The third kappa shape index (κ3) is 2.12. The number of nitrogens with one attached hydrogen (secondary N) is 1. The first-order valence-electron chi connectivity index (χ1n) is 6.15. The average molecular weight is 267 g/mol. The van der Waals surface area contributed by atoms with Gasteiger partial charge in [-0.25, -0.2) is 10.8 Å². The maximum atomic E-state index is 12.5. The van der Waals surface area contributed by atoms with E-state index in [4.69, 9.17) is 5.84 Å². The number of rotatable bonds is 3. The van der Waals surface area contributed by atoms with Crippen LogP contribution in [0.5, 0.6) is 0 Å². The molecule has 0 saturated carbocycles. The summed E-state index contributed by atoms with van der Waals surface area (Å²) in [5.74, 6) is 5.76. The van der Waals surface area contributed by atoms with Crippen LogP contribution in [-0.4, -0.2) is 14.5 Å². The summed E-state index contributed by atoms with van der Waals surface area (Å²) in [5, 5.41) is 0.474. The van der Waals surface area contributed by atoms with Gasteiger partial charge in [0.15, 0.2) is 5.65 Å². The van der Waals surface area contributed by atoms with E-state index in [1.165, 1.54) is 4.57 Å². The zero-order valence-electron chi connectivity index (χ0n) is 10.7. The zero-order chi connectivity index (χ0) is 13.9. The van der Waals surface area contributed by atoms with Gasteiger partial charge in [0.2, 0.25) is 5.95 Å². The van der Waals surface area contributed by atoms with E-state index in [-0.39, 0.29) is 5.56 Å². The number of hydrogen-bond donors (Lipinski definition) is 2. The standard InChI is InChI=1S/C14H13N5O/c15-18-14-17-12-11(7-4-8-16-12)13(20)19(14)9-10-5-2-1-3-6-10/h1-8H,9,15H2,(H,16,17,18). The number of nitrogens with zero attached hydrogens (tertiary/aromatic N) is 3. The lowest BCUT2D eigenvalue weighted by atomic mass is 10.2. The Balaban J connectivity index is 2.18. The Labute approximate surface area is 114 Å². The summed E-state index contributed by atoms with van der Waals surface area (Å²) in [6.45, 7) is 0.400. The van der Waals surface area contributed by atoms with Crippen molar-refractivity contribution in [3.63, 3.8) is 0 Å². The van der Waals surface area contributed by atoms with Gasteiger partial charge in [0.25, 0.3) is 5.56 Å². The van der Waals surface area contributed by atoms with Crippen LogP contribution in [0.4, 0.5) is 5.95 Å². The van der Waals surface area contributed by atoms with Crippen LogP contribution in [0, 0.1) is 0 Å². The summed E-state index contributed by atoms with van der Waals surface area (Å²) in [5.41, 5.74) is 3.67. The number of aromatic nitrogens is 3. The molecule has 0 bridgehead atoms. The van der Waals surface area contributed by atoms with Gasteiger partial charge in [-0.15, -0.1) is 0 Å². The lowest BCUT2D eigenvalue weighted by molar-refractivity contribution is 0.753. The van der Waals surface area contributed by atoms with Crippen LogP contribution >= 0.6 is 0 Å². The van der Waals surface area contributed by atoms with Crippen molar-refractivity contribution in [1.82, 2.24) is 14.5 Å². The van der Waals surface area contributed by atoms with E-state index in [1.807, 2.05) is 30.3 Å². The van der Waals surface area contributed by atoms with Crippen LogP contribution in [-0.2, 0) is 6.54 Å². The second kappa shape index (κ2) is 5.10. The third-order valence-electron chi connectivity index (χ3n) is 3.04. The van der Waals surface area contributed by atoms with Gasteiger partial charge in [0, 0.05) is 6.20 Å². The average Bonchev–Trinajstić information content (AvgIpc) is 2.51. The van der Waals surface area contributed by atoms with Crippen molar-refractivity contribution in [2.24, 2.45) is 5.84 Å². The van der Waals surface area contributed by atoms with Crippen molar-refractivity contribution in [3.05, 3.63) is 64.6 Å². The highest BCUT2D eigenvalue weighted by atomic mass is 16.1. The molecule has 3 aromatic rings. The molecule has 6 heteroatoms. The Morgan fingerprint density at radius 3 is 2.70 bits per heavy atom. The van der Waals surface area contributed by atoms with Crippen LogP contribution in [0.3, 0.4) is 0 Å². The van der Waals surface area contributed by atoms with E-state index in [0.717, 1.165) is 5.56 Å². The molecule has 0 saturated heterocycles. The largest absolute Gasteiger partial charge is 0.294 e. The molecule has 0 atom stereocenters. The van der Waals surface area contributed by atoms with Crippen molar-refractivity contribution >= 4 is 17.0 Å². The molecule has 0 aliphatic carbocycles. The third-order valence-corrected chi connectivity index (χ3v) is 3.04. The second-order valence-electron chi connectivity index (χ2n) is 4.33. The topological polar surface area (TPSA) is 85.8 Å². The first-order chi connectivity index (χ1) is 9.79. The summed E-state index contributed by atoms with van der Waals surface area (Å²) < 4.78 is 1.50. The first kappa shape index (κ1) is 12.3. The van der Waals surface area contributed by atoms with E-state index >= 15 is 0 Å². The molecule has 0 spiro atoms. The van der Waals surface area contributed by atoms with E-state index < -0.39 is 0 Å². The highest BCUT2D eigenvalue weighted by Crippen LogP contribution is 2.10. The van der Waals surface area contributed by atoms with Gasteiger partial charge in [-0.05, 0) is 17.7 Å².